The normalized spacial score (nSPS) is 23.0. The van der Waals surface area contributed by atoms with Crippen LogP contribution in [0.5, 0.6) is 0 Å². The molecule has 1 saturated carbocycles. The van der Waals surface area contributed by atoms with Gasteiger partial charge in [-0.2, -0.15) is 0 Å². The summed E-state index contributed by atoms with van der Waals surface area (Å²) in [6.45, 7) is 6.57. The summed E-state index contributed by atoms with van der Waals surface area (Å²) in [5, 5.41) is 13.1. The predicted molar refractivity (Wildman–Crippen MR) is 75.5 cm³/mol. The largest absolute Gasteiger partial charge is 0.388 e. The van der Waals surface area contributed by atoms with E-state index in [1.807, 2.05) is 0 Å². The molecule has 2 aromatic carbocycles. The molecule has 0 saturated heterocycles. The van der Waals surface area contributed by atoms with Crippen molar-refractivity contribution in [1.29, 1.82) is 0 Å². The molecule has 1 fully saturated rings. The van der Waals surface area contributed by atoms with E-state index < -0.39 is 0 Å². The Labute approximate surface area is 108 Å². The van der Waals surface area contributed by atoms with Gasteiger partial charge in [-0.1, -0.05) is 50.2 Å². The first-order chi connectivity index (χ1) is 8.50. The predicted octanol–water partition coefficient (Wildman–Crippen LogP) is 4.23. The van der Waals surface area contributed by atoms with Crippen LogP contribution in [0.2, 0.25) is 0 Å². The minimum Gasteiger partial charge on any atom is -0.388 e. The molecule has 1 aliphatic rings. The van der Waals surface area contributed by atoms with E-state index >= 15 is 0 Å². The first-order valence-electron chi connectivity index (χ1n) is 6.67. The Morgan fingerprint density at radius 2 is 1.83 bits per heavy atom. The zero-order chi connectivity index (χ0) is 12.9. The summed E-state index contributed by atoms with van der Waals surface area (Å²) in [6.07, 6.45) is 0.794. The first-order valence-corrected chi connectivity index (χ1v) is 6.67. The Balaban J connectivity index is 2.13. The van der Waals surface area contributed by atoms with E-state index in [4.69, 9.17) is 0 Å². The van der Waals surface area contributed by atoms with Crippen LogP contribution in [0.3, 0.4) is 0 Å². The van der Waals surface area contributed by atoms with Crippen molar-refractivity contribution >= 4 is 10.8 Å². The Morgan fingerprint density at radius 3 is 2.50 bits per heavy atom. The molecule has 2 unspecified atom stereocenters. The van der Waals surface area contributed by atoms with Gasteiger partial charge in [-0.05, 0) is 46.6 Å². The van der Waals surface area contributed by atoms with Crippen molar-refractivity contribution in [2.24, 2.45) is 11.3 Å². The molecule has 0 amide bonds. The zero-order valence-corrected chi connectivity index (χ0v) is 11.3. The van der Waals surface area contributed by atoms with E-state index in [1.54, 1.807) is 0 Å². The Hall–Kier alpha value is -1.34. The lowest BCUT2D eigenvalue weighted by atomic mass is 9.91. The van der Waals surface area contributed by atoms with Crippen LogP contribution >= 0.6 is 0 Å². The van der Waals surface area contributed by atoms with E-state index in [2.05, 4.69) is 57.2 Å². The molecular weight excluding hydrogens is 220 g/mol. The third-order valence-corrected chi connectivity index (χ3v) is 4.46. The maximum absolute atomic E-state index is 10.7. The lowest BCUT2D eigenvalue weighted by Gasteiger charge is -2.18. The molecule has 94 valence electrons. The average molecular weight is 240 g/mol. The average Bonchev–Trinajstić information content (AvgIpc) is 2.98. The molecule has 0 spiro atoms. The minimum absolute atomic E-state index is 0.294. The van der Waals surface area contributed by atoms with Gasteiger partial charge < -0.3 is 5.11 Å². The monoisotopic (exact) mass is 240 g/mol. The van der Waals surface area contributed by atoms with E-state index in [0.717, 1.165) is 12.0 Å². The summed E-state index contributed by atoms with van der Waals surface area (Å²) in [5.74, 6) is 0.405. The topological polar surface area (TPSA) is 20.2 Å². The van der Waals surface area contributed by atoms with Gasteiger partial charge in [0.05, 0.1) is 6.10 Å². The van der Waals surface area contributed by atoms with Crippen LogP contribution in [0.4, 0.5) is 0 Å². The molecule has 3 rings (SSSR count). The molecule has 2 aromatic rings. The molecular formula is C17H20O. The molecule has 1 N–H and O–H groups in total. The van der Waals surface area contributed by atoms with Crippen molar-refractivity contribution in [3.05, 3.63) is 47.5 Å². The smallest absolute Gasteiger partial charge is 0.0832 e. The molecule has 0 radical (unpaired) electrons. The molecule has 0 aromatic heterocycles. The van der Waals surface area contributed by atoms with Crippen LogP contribution in [0.1, 0.15) is 37.5 Å². The van der Waals surface area contributed by atoms with E-state index in [9.17, 15) is 5.11 Å². The molecule has 1 nitrogen and oxygen atoms in total. The molecule has 0 heterocycles. The summed E-state index contributed by atoms with van der Waals surface area (Å²) in [4.78, 5) is 0. The van der Waals surface area contributed by atoms with E-state index in [1.165, 1.54) is 16.3 Å². The van der Waals surface area contributed by atoms with Gasteiger partial charge in [-0.3, -0.25) is 0 Å². The number of hydrogen-bond acceptors (Lipinski definition) is 1. The van der Waals surface area contributed by atoms with Crippen molar-refractivity contribution in [2.75, 3.05) is 0 Å². The van der Waals surface area contributed by atoms with Gasteiger partial charge in [0.15, 0.2) is 0 Å². The number of benzene rings is 2. The fourth-order valence-electron chi connectivity index (χ4n) is 3.05. The zero-order valence-electron chi connectivity index (χ0n) is 11.3. The van der Waals surface area contributed by atoms with Crippen molar-refractivity contribution in [3.8, 4) is 0 Å². The second-order valence-electron chi connectivity index (χ2n) is 6.26. The molecule has 1 aliphatic carbocycles. The molecule has 18 heavy (non-hydrogen) atoms. The van der Waals surface area contributed by atoms with Gasteiger partial charge in [0.1, 0.15) is 0 Å². The summed E-state index contributed by atoms with van der Waals surface area (Å²) in [6, 6.07) is 12.6. The van der Waals surface area contributed by atoms with Crippen LogP contribution in [0.15, 0.2) is 36.4 Å². The number of aliphatic hydroxyl groups excluding tert-OH is 1. The van der Waals surface area contributed by atoms with Gasteiger partial charge in [0, 0.05) is 0 Å². The van der Waals surface area contributed by atoms with Gasteiger partial charge in [-0.25, -0.2) is 0 Å². The third-order valence-electron chi connectivity index (χ3n) is 4.46. The summed E-state index contributed by atoms with van der Waals surface area (Å²) < 4.78 is 0. The lowest BCUT2D eigenvalue weighted by Crippen LogP contribution is -2.07. The number of rotatable bonds is 2. The number of fused-ring (bicyclic) bond motifs is 1. The minimum atomic E-state index is -0.328. The first kappa shape index (κ1) is 11.7. The number of hydrogen-bond donors (Lipinski definition) is 1. The van der Waals surface area contributed by atoms with Crippen molar-refractivity contribution in [1.82, 2.24) is 0 Å². The van der Waals surface area contributed by atoms with E-state index in [-0.39, 0.29) is 6.10 Å². The Morgan fingerprint density at radius 1 is 1.17 bits per heavy atom. The second-order valence-corrected chi connectivity index (χ2v) is 6.26. The Bertz CT molecular complexity index is 598. The highest BCUT2D eigenvalue weighted by atomic mass is 16.3. The highest BCUT2D eigenvalue weighted by Gasteiger charge is 2.50. The molecule has 0 aliphatic heterocycles. The number of aryl methyl sites for hydroxylation is 1. The Kier molecular flexibility index (Phi) is 2.49. The fourth-order valence-corrected chi connectivity index (χ4v) is 3.05. The van der Waals surface area contributed by atoms with Crippen molar-refractivity contribution in [3.63, 3.8) is 0 Å². The summed E-state index contributed by atoms with van der Waals surface area (Å²) >= 11 is 0. The maximum Gasteiger partial charge on any atom is 0.0832 e. The van der Waals surface area contributed by atoms with Gasteiger partial charge in [0.25, 0.3) is 0 Å². The molecule has 0 bridgehead atoms. The van der Waals surface area contributed by atoms with Crippen LogP contribution in [-0.2, 0) is 0 Å². The SMILES string of the molecule is Cc1ccc2ccccc2c1C(O)C1CC1(C)C. The number of aliphatic hydroxyl groups is 1. The second kappa shape index (κ2) is 3.83. The van der Waals surface area contributed by atoms with Gasteiger partial charge in [0.2, 0.25) is 0 Å². The highest BCUT2D eigenvalue weighted by Crippen LogP contribution is 2.58. The van der Waals surface area contributed by atoms with Crippen molar-refractivity contribution < 1.29 is 5.11 Å². The van der Waals surface area contributed by atoms with E-state index in [0.29, 0.717) is 11.3 Å². The lowest BCUT2D eigenvalue weighted by molar-refractivity contribution is 0.139. The van der Waals surface area contributed by atoms with Crippen molar-refractivity contribution in [2.45, 2.75) is 33.3 Å². The van der Waals surface area contributed by atoms with Crippen LogP contribution in [0, 0.1) is 18.3 Å². The van der Waals surface area contributed by atoms with Gasteiger partial charge >= 0.3 is 0 Å². The van der Waals surface area contributed by atoms with Gasteiger partial charge in [-0.15, -0.1) is 0 Å². The van der Waals surface area contributed by atoms with Crippen LogP contribution < -0.4 is 0 Å². The van der Waals surface area contributed by atoms with Crippen LogP contribution in [0.25, 0.3) is 10.8 Å². The maximum atomic E-state index is 10.7. The summed E-state index contributed by atoms with van der Waals surface area (Å²) in [7, 11) is 0. The quantitative estimate of drug-likeness (QED) is 0.833. The highest BCUT2D eigenvalue weighted by molar-refractivity contribution is 5.87. The molecule has 1 heteroatoms. The fraction of sp³-hybridized carbons (Fsp3) is 0.412. The standard InChI is InChI=1S/C17H20O/c1-11-8-9-12-6-4-5-7-13(12)15(11)16(18)14-10-17(14,2)3/h4-9,14,16,18H,10H2,1-3H3. The third kappa shape index (κ3) is 1.74. The summed E-state index contributed by atoms with van der Waals surface area (Å²) in [5.41, 5.74) is 2.62. The van der Waals surface area contributed by atoms with Crippen LogP contribution in [-0.4, -0.2) is 5.11 Å². The molecule has 2 atom stereocenters.